The largest absolute Gasteiger partial charge is 0.495 e. The molecule has 22 heavy (non-hydrogen) atoms. The Morgan fingerprint density at radius 3 is 2.77 bits per heavy atom. The minimum absolute atomic E-state index is 0.226. The highest BCUT2D eigenvalue weighted by atomic mass is 35.5. The smallest absolute Gasteiger partial charge is 0.272 e. The summed E-state index contributed by atoms with van der Waals surface area (Å²) in [4.78, 5) is 15.5. The highest BCUT2D eigenvalue weighted by molar-refractivity contribution is 6.31. The van der Waals surface area contributed by atoms with Crippen LogP contribution in [-0.2, 0) is 0 Å². The van der Waals surface area contributed by atoms with E-state index in [1.54, 1.807) is 19.2 Å². The van der Waals surface area contributed by atoms with E-state index < -0.39 is 0 Å². The lowest BCUT2D eigenvalue weighted by molar-refractivity contribution is 0.102. The molecule has 1 heterocycles. The number of nitrogens with one attached hydrogen (secondary N) is 2. The standard InChI is InChI=1S/C17H15ClN2O2/c1-10-3-6-16(22-2)14(7-10)20-17(21)15-9-11-8-12(18)4-5-13(11)19-15/h3-9,19H,1-2H3,(H,20,21). The molecule has 112 valence electrons. The van der Waals surface area contributed by atoms with Gasteiger partial charge in [-0.1, -0.05) is 17.7 Å². The van der Waals surface area contributed by atoms with Crippen LogP contribution in [0.5, 0.6) is 5.75 Å². The molecule has 0 fully saturated rings. The fourth-order valence-electron chi connectivity index (χ4n) is 2.33. The molecule has 3 rings (SSSR count). The van der Waals surface area contributed by atoms with Crippen LogP contribution < -0.4 is 10.1 Å². The Kier molecular flexibility index (Phi) is 3.77. The Hall–Kier alpha value is -2.46. The van der Waals surface area contributed by atoms with Crippen LogP contribution in [0.3, 0.4) is 0 Å². The summed E-state index contributed by atoms with van der Waals surface area (Å²) in [6.07, 6.45) is 0. The number of benzene rings is 2. The zero-order valence-corrected chi connectivity index (χ0v) is 13.0. The van der Waals surface area contributed by atoms with E-state index in [9.17, 15) is 4.79 Å². The van der Waals surface area contributed by atoms with Crippen molar-refractivity contribution in [3.8, 4) is 5.75 Å². The minimum atomic E-state index is -0.226. The second kappa shape index (κ2) is 5.73. The van der Waals surface area contributed by atoms with E-state index in [1.165, 1.54) is 0 Å². The Morgan fingerprint density at radius 2 is 2.00 bits per heavy atom. The van der Waals surface area contributed by atoms with E-state index >= 15 is 0 Å². The van der Waals surface area contributed by atoms with Crippen molar-refractivity contribution in [3.63, 3.8) is 0 Å². The van der Waals surface area contributed by atoms with Crippen molar-refractivity contribution in [2.75, 3.05) is 12.4 Å². The molecule has 1 aromatic heterocycles. The number of halogens is 1. The highest BCUT2D eigenvalue weighted by Crippen LogP contribution is 2.26. The predicted molar refractivity (Wildman–Crippen MR) is 89.0 cm³/mol. The first-order chi connectivity index (χ1) is 10.6. The molecule has 2 aromatic carbocycles. The molecule has 3 aromatic rings. The van der Waals surface area contributed by atoms with Gasteiger partial charge in [-0.25, -0.2) is 0 Å². The summed E-state index contributed by atoms with van der Waals surface area (Å²) >= 11 is 5.96. The number of methoxy groups -OCH3 is 1. The van der Waals surface area contributed by atoms with E-state index in [0.29, 0.717) is 22.2 Å². The molecule has 2 N–H and O–H groups in total. The third-order valence-corrected chi connectivity index (χ3v) is 3.67. The first-order valence-electron chi connectivity index (χ1n) is 6.81. The number of hydrogen-bond donors (Lipinski definition) is 2. The zero-order valence-electron chi connectivity index (χ0n) is 12.2. The van der Waals surface area contributed by atoms with E-state index in [2.05, 4.69) is 10.3 Å². The van der Waals surface area contributed by atoms with Crippen molar-refractivity contribution in [1.82, 2.24) is 4.98 Å². The van der Waals surface area contributed by atoms with Crippen LogP contribution in [-0.4, -0.2) is 18.0 Å². The molecule has 0 bridgehead atoms. The number of aromatic amines is 1. The number of carbonyl (C=O) groups excluding carboxylic acids is 1. The van der Waals surface area contributed by atoms with Crippen LogP contribution in [0.25, 0.3) is 10.9 Å². The van der Waals surface area contributed by atoms with Gasteiger partial charge in [-0.2, -0.15) is 0 Å². The number of H-pyrrole nitrogens is 1. The summed E-state index contributed by atoms with van der Waals surface area (Å²) in [6.45, 7) is 1.96. The number of carbonyl (C=O) groups is 1. The minimum Gasteiger partial charge on any atom is -0.495 e. The molecule has 0 spiro atoms. The van der Waals surface area contributed by atoms with Gasteiger partial charge in [0.25, 0.3) is 5.91 Å². The number of hydrogen-bond acceptors (Lipinski definition) is 2. The second-order valence-corrected chi connectivity index (χ2v) is 5.51. The number of amides is 1. The zero-order chi connectivity index (χ0) is 15.7. The quantitative estimate of drug-likeness (QED) is 0.753. The van der Waals surface area contributed by atoms with Gasteiger partial charge in [0.2, 0.25) is 0 Å². The number of rotatable bonds is 3. The van der Waals surface area contributed by atoms with Gasteiger partial charge >= 0.3 is 0 Å². The van der Waals surface area contributed by atoms with Crippen LogP contribution >= 0.6 is 11.6 Å². The molecule has 0 aliphatic heterocycles. The summed E-state index contributed by atoms with van der Waals surface area (Å²) in [6, 6.07) is 12.9. The first-order valence-corrected chi connectivity index (χ1v) is 7.19. The normalized spacial score (nSPS) is 10.7. The first kappa shape index (κ1) is 14.5. The third-order valence-electron chi connectivity index (χ3n) is 3.43. The van der Waals surface area contributed by atoms with Crippen LogP contribution in [0.1, 0.15) is 16.1 Å². The molecular weight excluding hydrogens is 300 g/mol. The van der Waals surface area contributed by atoms with Gasteiger partial charge in [-0.15, -0.1) is 0 Å². The molecular formula is C17H15ClN2O2. The Balaban J connectivity index is 1.91. The lowest BCUT2D eigenvalue weighted by Crippen LogP contribution is -2.13. The fourth-order valence-corrected chi connectivity index (χ4v) is 2.52. The van der Waals surface area contributed by atoms with Gasteiger partial charge in [0.1, 0.15) is 11.4 Å². The van der Waals surface area contributed by atoms with Gasteiger partial charge in [-0.3, -0.25) is 4.79 Å². The second-order valence-electron chi connectivity index (χ2n) is 5.07. The fraction of sp³-hybridized carbons (Fsp3) is 0.118. The summed E-state index contributed by atoms with van der Waals surface area (Å²) in [5.74, 6) is 0.398. The lowest BCUT2D eigenvalue weighted by Gasteiger charge is -2.10. The van der Waals surface area contributed by atoms with Crippen molar-refractivity contribution in [3.05, 3.63) is 58.7 Å². The van der Waals surface area contributed by atoms with E-state index in [1.807, 2.05) is 37.3 Å². The molecule has 0 saturated carbocycles. The molecule has 5 heteroatoms. The number of aryl methyl sites for hydroxylation is 1. The monoisotopic (exact) mass is 314 g/mol. The molecule has 0 aliphatic rings. The van der Waals surface area contributed by atoms with Crippen molar-refractivity contribution >= 4 is 34.1 Å². The maximum absolute atomic E-state index is 12.4. The van der Waals surface area contributed by atoms with Gasteiger partial charge < -0.3 is 15.0 Å². The average Bonchev–Trinajstić information content (AvgIpc) is 2.90. The number of aromatic nitrogens is 1. The van der Waals surface area contributed by atoms with Crippen molar-refractivity contribution in [2.24, 2.45) is 0 Å². The summed E-state index contributed by atoms with van der Waals surface area (Å²) in [5.41, 5.74) is 3.02. The SMILES string of the molecule is COc1ccc(C)cc1NC(=O)c1cc2cc(Cl)ccc2[nH]1. The molecule has 0 aliphatic carbocycles. The Morgan fingerprint density at radius 1 is 1.18 bits per heavy atom. The Labute approximate surface area is 133 Å². The Bertz CT molecular complexity index is 855. The van der Waals surface area contributed by atoms with E-state index in [0.717, 1.165) is 16.5 Å². The third kappa shape index (κ3) is 2.78. The van der Waals surface area contributed by atoms with Crippen molar-refractivity contribution in [1.29, 1.82) is 0 Å². The van der Waals surface area contributed by atoms with Crippen LogP contribution in [0.2, 0.25) is 5.02 Å². The summed E-state index contributed by atoms with van der Waals surface area (Å²) in [5, 5.41) is 4.40. The molecule has 0 atom stereocenters. The average molecular weight is 315 g/mol. The van der Waals surface area contributed by atoms with E-state index in [-0.39, 0.29) is 5.91 Å². The van der Waals surface area contributed by atoms with Crippen LogP contribution in [0, 0.1) is 6.92 Å². The number of fused-ring (bicyclic) bond motifs is 1. The van der Waals surface area contributed by atoms with E-state index in [4.69, 9.17) is 16.3 Å². The van der Waals surface area contributed by atoms with Crippen LogP contribution in [0.4, 0.5) is 5.69 Å². The van der Waals surface area contributed by atoms with Crippen LogP contribution in [0.15, 0.2) is 42.5 Å². The van der Waals surface area contributed by atoms with Gasteiger partial charge in [0.05, 0.1) is 12.8 Å². The predicted octanol–water partition coefficient (Wildman–Crippen LogP) is 4.39. The molecule has 0 unspecified atom stereocenters. The van der Waals surface area contributed by atoms with Gasteiger partial charge in [0, 0.05) is 15.9 Å². The molecule has 0 saturated heterocycles. The van der Waals surface area contributed by atoms with Crippen molar-refractivity contribution < 1.29 is 9.53 Å². The van der Waals surface area contributed by atoms with Gasteiger partial charge in [0.15, 0.2) is 0 Å². The molecule has 0 radical (unpaired) electrons. The van der Waals surface area contributed by atoms with Gasteiger partial charge in [-0.05, 0) is 48.9 Å². The van der Waals surface area contributed by atoms with Crippen molar-refractivity contribution in [2.45, 2.75) is 6.92 Å². The summed E-state index contributed by atoms with van der Waals surface area (Å²) < 4.78 is 5.27. The lowest BCUT2D eigenvalue weighted by atomic mass is 10.2. The summed E-state index contributed by atoms with van der Waals surface area (Å²) in [7, 11) is 1.57. The number of ether oxygens (including phenoxy) is 1. The topological polar surface area (TPSA) is 54.1 Å². The maximum Gasteiger partial charge on any atom is 0.272 e. The molecule has 1 amide bonds. The molecule has 4 nitrogen and oxygen atoms in total. The number of anilines is 1. The maximum atomic E-state index is 12.4. The highest BCUT2D eigenvalue weighted by Gasteiger charge is 2.12.